The van der Waals surface area contributed by atoms with Crippen LogP contribution in [0.2, 0.25) is 0 Å². The molecule has 0 saturated heterocycles. The van der Waals surface area contributed by atoms with Gasteiger partial charge in [0.25, 0.3) is 0 Å². The Labute approximate surface area is 107 Å². The Balaban J connectivity index is 2.63. The van der Waals surface area contributed by atoms with E-state index >= 15 is 0 Å². The van der Waals surface area contributed by atoms with Crippen molar-refractivity contribution in [1.82, 2.24) is 0 Å². The summed E-state index contributed by atoms with van der Waals surface area (Å²) in [6.45, 7) is 6.25. The predicted octanol–water partition coefficient (Wildman–Crippen LogP) is 2.85. The highest BCUT2D eigenvalue weighted by Gasteiger charge is 2.12. The van der Waals surface area contributed by atoms with Crippen molar-refractivity contribution < 1.29 is 4.21 Å². The Bertz CT molecular complexity index is 390. The lowest BCUT2D eigenvalue weighted by molar-refractivity contribution is 0.671. The Morgan fingerprint density at radius 1 is 1.35 bits per heavy atom. The van der Waals surface area contributed by atoms with Crippen LogP contribution in [-0.4, -0.2) is 15.7 Å². The van der Waals surface area contributed by atoms with Crippen LogP contribution in [0.25, 0.3) is 0 Å². The van der Waals surface area contributed by atoms with Crippen LogP contribution >= 0.6 is 0 Å². The molecule has 3 heteroatoms. The SMILES string of the molecule is CCCCS(=O)CC(N)c1ccc(C)cc1C. The first-order valence-electron chi connectivity index (χ1n) is 6.22. The fourth-order valence-electron chi connectivity index (χ4n) is 1.92. The summed E-state index contributed by atoms with van der Waals surface area (Å²) in [5, 5.41) is 0. The molecule has 0 aliphatic carbocycles. The van der Waals surface area contributed by atoms with E-state index in [1.54, 1.807) is 0 Å². The standard InChI is InChI=1S/C14H23NOS/c1-4-5-8-17(16)10-14(15)13-7-6-11(2)9-12(13)3/h6-7,9,14H,4-5,8,10,15H2,1-3H3. The van der Waals surface area contributed by atoms with Gasteiger partial charge < -0.3 is 5.73 Å². The summed E-state index contributed by atoms with van der Waals surface area (Å²) in [5.41, 5.74) is 9.69. The molecule has 0 aromatic heterocycles. The Morgan fingerprint density at radius 2 is 2.06 bits per heavy atom. The molecule has 1 aromatic rings. The molecule has 2 nitrogen and oxygen atoms in total. The Kier molecular flexibility index (Phi) is 5.86. The maximum Gasteiger partial charge on any atom is 0.0428 e. The molecule has 1 rings (SSSR count). The summed E-state index contributed by atoms with van der Waals surface area (Å²) in [5.74, 6) is 1.35. The zero-order valence-corrected chi connectivity index (χ0v) is 11.8. The molecule has 0 spiro atoms. The van der Waals surface area contributed by atoms with Gasteiger partial charge in [-0.25, -0.2) is 0 Å². The summed E-state index contributed by atoms with van der Waals surface area (Å²) in [4.78, 5) is 0. The smallest absolute Gasteiger partial charge is 0.0428 e. The first kappa shape index (κ1) is 14.4. The average molecular weight is 253 g/mol. The monoisotopic (exact) mass is 253 g/mol. The fourth-order valence-corrected chi connectivity index (χ4v) is 3.28. The van der Waals surface area contributed by atoms with Gasteiger partial charge in [0.1, 0.15) is 0 Å². The molecule has 1 aromatic carbocycles. The number of unbranched alkanes of at least 4 members (excludes halogenated alkanes) is 1. The van der Waals surface area contributed by atoms with Crippen LogP contribution in [0.4, 0.5) is 0 Å². The van der Waals surface area contributed by atoms with Crippen LogP contribution in [0, 0.1) is 13.8 Å². The normalized spacial score (nSPS) is 14.6. The molecule has 0 saturated carbocycles. The number of benzene rings is 1. The number of aryl methyl sites for hydroxylation is 2. The first-order valence-corrected chi connectivity index (χ1v) is 7.71. The Morgan fingerprint density at radius 3 is 2.65 bits per heavy atom. The van der Waals surface area contributed by atoms with Gasteiger partial charge in [0.2, 0.25) is 0 Å². The minimum absolute atomic E-state index is 0.103. The number of hydrogen-bond acceptors (Lipinski definition) is 2. The third kappa shape index (κ3) is 4.60. The quantitative estimate of drug-likeness (QED) is 0.847. The van der Waals surface area contributed by atoms with E-state index in [4.69, 9.17) is 5.73 Å². The van der Waals surface area contributed by atoms with Crippen molar-refractivity contribution in [2.45, 2.75) is 39.7 Å². The van der Waals surface area contributed by atoms with Crippen LogP contribution in [0.3, 0.4) is 0 Å². The van der Waals surface area contributed by atoms with Gasteiger partial charge >= 0.3 is 0 Å². The van der Waals surface area contributed by atoms with Gasteiger partial charge in [-0.3, -0.25) is 4.21 Å². The van der Waals surface area contributed by atoms with Crippen LogP contribution in [0.1, 0.15) is 42.5 Å². The molecule has 2 atom stereocenters. The van der Waals surface area contributed by atoms with E-state index in [9.17, 15) is 4.21 Å². The molecule has 2 unspecified atom stereocenters. The molecule has 0 radical (unpaired) electrons. The lowest BCUT2D eigenvalue weighted by Crippen LogP contribution is -2.20. The summed E-state index contributed by atoms with van der Waals surface area (Å²) in [6, 6.07) is 6.15. The van der Waals surface area contributed by atoms with E-state index in [0.717, 1.165) is 24.2 Å². The van der Waals surface area contributed by atoms with Crippen LogP contribution in [0.5, 0.6) is 0 Å². The van der Waals surface area contributed by atoms with Gasteiger partial charge in [-0.05, 0) is 31.4 Å². The maximum atomic E-state index is 11.8. The first-order chi connectivity index (χ1) is 8.04. The van der Waals surface area contributed by atoms with Crippen molar-refractivity contribution >= 4 is 10.8 Å². The van der Waals surface area contributed by atoms with E-state index in [1.807, 2.05) is 0 Å². The largest absolute Gasteiger partial charge is 0.323 e. The zero-order valence-electron chi connectivity index (χ0n) is 11.0. The molecule has 0 fully saturated rings. The van der Waals surface area contributed by atoms with Crippen LogP contribution in [0.15, 0.2) is 18.2 Å². The second kappa shape index (κ2) is 6.92. The lowest BCUT2D eigenvalue weighted by atomic mass is 10.0. The summed E-state index contributed by atoms with van der Waals surface area (Å²) in [7, 11) is -0.789. The molecule has 0 aliphatic rings. The topological polar surface area (TPSA) is 43.1 Å². The van der Waals surface area contributed by atoms with Crippen molar-refractivity contribution in [3.05, 3.63) is 34.9 Å². The van der Waals surface area contributed by atoms with Crippen molar-refractivity contribution in [2.24, 2.45) is 5.73 Å². The second-order valence-electron chi connectivity index (χ2n) is 4.63. The summed E-state index contributed by atoms with van der Waals surface area (Å²) in [6.07, 6.45) is 2.11. The predicted molar refractivity (Wildman–Crippen MR) is 75.6 cm³/mol. The van der Waals surface area contributed by atoms with Gasteiger partial charge in [-0.1, -0.05) is 37.1 Å². The molecule has 0 heterocycles. The summed E-state index contributed by atoms with van der Waals surface area (Å²) >= 11 is 0. The highest BCUT2D eigenvalue weighted by atomic mass is 32.2. The third-order valence-electron chi connectivity index (χ3n) is 2.92. The van der Waals surface area contributed by atoms with Gasteiger partial charge in [0.15, 0.2) is 0 Å². The minimum atomic E-state index is -0.789. The zero-order chi connectivity index (χ0) is 12.8. The van der Waals surface area contributed by atoms with E-state index in [1.165, 1.54) is 11.1 Å². The number of hydrogen-bond donors (Lipinski definition) is 1. The molecular formula is C14H23NOS. The van der Waals surface area contributed by atoms with Gasteiger partial charge in [-0.2, -0.15) is 0 Å². The van der Waals surface area contributed by atoms with Crippen molar-refractivity contribution in [2.75, 3.05) is 11.5 Å². The third-order valence-corrected chi connectivity index (χ3v) is 4.39. The highest BCUT2D eigenvalue weighted by molar-refractivity contribution is 7.85. The van der Waals surface area contributed by atoms with E-state index in [2.05, 4.69) is 39.0 Å². The number of nitrogens with two attached hydrogens (primary N) is 1. The van der Waals surface area contributed by atoms with E-state index in [0.29, 0.717) is 5.75 Å². The van der Waals surface area contributed by atoms with E-state index in [-0.39, 0.29) is 6.04 Å². The van der Waals surface area contributed by atoms with E-state index < -0.39 is 10.8 Å². The fraction of sp³-hybridized carbons (Fsp3) is 0.571. The Hall–Kier alpha value is -0.670. The average Bonchev–Trinajstić information content (AvgIpc) is 2.26. The molecule has 2 N–H and O–H groups in total. The molecule has 17 heavy (non-hydrogen) atoms. The van der Waals surface area contributed by atoms with Crippen molar-refractivity contribution in [1.29, 1.82) is 0 Å². The molecule has 0 amide bonds. The molecule has 0 bridgehead atoms. The highest BCUT2D eigenvalue weighted by Crippen LogP contribution is 2.18. The van der Waals surface area contributed by atoms with Crippen molar-refractivity contribution in [3.8, 4) is 0 Å². The molecule has 96 valence electrons. The van der Waals surface area contributed by atoms with Gasteiger partial charge in [0, 0.05) is 28.3 Å². The lowest BCUT2D eigenvalue weighted by Gasteiger charge is -2.15. The van der Waals surface area contributed by atoms with Crippen molar-refractivity contribution in [3.63, 3.8) is 0 Å². The maximum absolute atomic E-state index is 11.8. The van der Waals surface area contributed by atoms with Crippen LogP contribution < -0.4 is 5.73 Å². The molecular weight excluding hydrogens is 230 g/mol. The molecule has 0 aliphatic heterocycles. The minimum Gasteiger partial charge on any atom is -0.323 e. The van der Waals surface area contributed by atoms with Gasteiger partial charge in [0.05, 0.1) is 0 Å². The number of rotatable bonds is 6. The second-order valence-corrected chi connectivity index (χ2v) is 6.25. The summed E-state index contributed by atoms with van der Waals surface area (Å²) < 4.78 is 11.8. The van der Waals surface area contributed by atoms with Crippen LogP contribution in [-0.2, 0) is 10.8 Å². The van der Waals surface area contributed by atoms with Gasteiger partial charge in [-0.15, -0.1) is 0 Å².